The van der Waals surface area contributed by atoms with E-state index < -0.39 is 5.72 Å². The molecule has 0 radical (unpaired) electrons. The summed E-state index contributed by atoms with van der Waals surface area (Å²) < 4.78 is 5.71. The summed E-state index contributed by atoms with van der Waals surface area (Å²) in [7, 11) is 0. The minimum atomic E-state index is -0.669. The fraction of sp³-hybridized carbons (Fsp3) is 1.00. The number of aliphatic hydroxyl groups excluding tert-OH is 1. The molecule has 5 nitrogen and oxygen atoms in total. The fourth-order valence-electron chi connectivity index (χ4n) is 9.99. The molecule has 6 aliphatic rings. The Balaban J connectivity index is 1.32. The van der Waals surface area contributed by atoms with E-state index in [0.717, 1.165) is 70.5 Å². The molecule has 182 valence electrons. The first-order valence-electron chi connectivity index (χ1n) is 13.8. The lowest BCUT2D eigenvalue weighted by molar-refractivity contribution is -0.237. The van der Waals surface area contributed by atoms with E-state index in [9.17, 15) is 10.2 Å². The van der Waals surface area contributed by atoms with E-state index in [1.165, 1.54) is 44.9 Å². The summed E-state index contributed by atoms with van der Waals surface area (Å²) in [5.41, 5.74) is -0.205. The van der Waals surface area contributed by atoms with Gasteiger partial charge in [-0.3, -0.25) is 9.80 Å². The van der Waals surface area contributed by atoms with Gasteiger partial charge in [-0.25, -0.2) is 0 Å². The third kappa shape index (κ3) is 3.13. The SMILES string of the molecule is C[C@]12C[C@H](N3CCOCC3)[C@](O)(N3CCCC3)C[C@@H]1CC[C@@H]1[C@@H]2CC[C@]2(C)[C@@H](O)CC[C@@H]12. The van der Waals surface area contributed by atoms with Gasteiger partial charge in [0.2, 0.25) is 0 Å². The first-order valence-corrected chi connectivity index (χ1v) is 13.8. The van der Waals surface area contributed by atoms with Crippen LogP contribution in [0.5, 0.6) is 0 Å². The Morgan fingerprint density at radius 3 is 2.28 bits per heavy atom. The van der Waals surface area contributed by atoms with Crippen molar-refractivity contribution in [2.45, 2.75) is 95.9 Å². The number of rotatable bonds is 2. The molecule has 2 aliphatic heterocycles. The lowest BCUT2D eigenvalue weighted by atomic mass is 9.44. The predicted molar refractivity (Wildman–Crippen MR) is 125 cm³/mol. The van der Waals surface area contributed by atoms with Gasteiger partial charge in [0.25, 0.3) is 0 Å². The molecule has 0 aromatic rings. The van der Waals surface area contributed by atoms with E-state index in [4.69, 9.17) is 4.74 Å². The molecule has 0 amide bonds. The van der Waals surface area contributed by atoms with Crippen LogP contribution in [0.4, 0.5) is 0 Å². The minimum absolute atomic E-state index is 0.0910. The largest absolute Gasteiger partial charge is 0.393 e. The molecule has 6 fully saturated rings. The van der Waals surface area contributed by atoms with Crippen molar-refractivity contribution in [3.63, 3.8) is 0 Å². The van der Waals surface area contributed by atoms with Gasteiger partial charge in [0.05, 0.1) is 25.4 Å². The van der Waals surface area contributed by atoms with Gasteiger partial charge in [-0.1, -0.05) is 13.8 Å². The molecule has 9 atom stereocenters. The zero-order valence-electron chi connectivity index (χ0n) is 20.5. The number of morpholine rings is 1. The lowest BCUT2D eigenvalue weighted by Gasteiger charge is -2.65. The van der Waals surface area contributed by atoms with Crippen molar-refractivity contribution >= 4 is 0 Å². The molecule has 0 unspecified atom stereocenters. The molecule has 6 rings (SSSR count). The van der Waals surface area contributed by atoms with Crippen molar-refractivity contribution in [3.8, 4) is 0 Å². The Kier molecular flexibility index (Phi) is 5.51. The maximum Gasteiger partial charge on any atom is 0.134 e. The standard InChI is InChI=1S/C27H46N2O3/c1-25-10-9-22-20(21(25)7-8-24(25)30)6-5-19-17-27(31,29-11-3-4-12-29)23(18-26(19,22)2)28-13-15-32-16-14-28/h19-24,30-31H,3-18H2,1-2H3/t19-,20-,21-,22-,23-,24-,25-,26-,27-/m0/s1. The lowest BCUT2D eigenvalue weighted by Crippen LogP contribution is -2.70. The van der Waals surface area contributed by atoms with Crippen LogP contribution in [0.15, 0.2) is 0 Å². The normalized spacial score (nSPS) is 54.8. The summed E-state index contributed by atoms with van der Waals surface area (Å²) in [5.74, 6) is 2.87. The molecular weight excluding hydrogens is 400 g/mol. The van der Waals surface area contributed by atoms with Crippen molar-refractivity contribution < 1.29 is 14.9 Å². The first kappa shape index (κ1) is 22.3. The zero-order chi connectivity index (χ0) is 22.1. The summed E-state index contributed by atoms with van der Waals surface area (Å²) in [6.45, 7) is 10.7. The Labute approximate surface area is 194 Å². The molecule has 32 heavy (non-hydrogen) atoms. The molecule has 4 saturated carbocycles. The van der Waals surface area contributed by atoms with Crippen molar-refractivity contribution in [1.29, 1.82) is 0 Å². The minimum Gasteiger partial charge on any atom is -0.393 e. The number of ether oxygens (including phenoxy) is 1. The monoisotopic (exact) mass is 446 g/mol. The van der Waals surface area contributed by atoms with E-state index in [0.29, 0.717) is 17.3 Å². The second kappa shape index (κ2) is 7.91. The first-order chi connectivity index (χ1) is 15.4. The maximum atomic E-state index is 12.4. The summed E-state index contributed by atoms with van der Waals surface area (Å²) >= 11 is 0. The molecule has 2 saturated heterocycles. The molecule has 2 N–H and O–H groups in total. The van der Waals surface area contributed by atoms with Gasteiger partial charge < -0.3 is 14.9 Å². The highest BCUT2D eigenvalue weighted by molar-refractivity contribution is 5.14. The zero-order valence-corrected chi connectivity index (χ0v) is 20.5. The van der Waals surface area contributed by atoms with E-state index in [2.05, 4.69) is 23.6 Å². The van der Waals surface area contributed by atoms with Crippen molar-refractivity contribution in [2.24, 2.45) is 34.5 Å². The van der Waals surface area contributed by atoms with Crippen LogP contribution < -0.4 is 0 Å². The van der Waals surface area contributed by atoms with Gasteiger partial charge in [0.15, 0.2) is 0 Å². The fourth-order valence-corrected chi connectivity index (χ4v) is 9.99. The number of likely N-dealkylation sites (tertiary alicyclic amines) is 1. The van der Waals surface area contributed by atoms with Crippen LogP contribution in [-0.2, 0) is 4.74 Å². The van der Waals surface area contributed by atoms with Crippen molar-refractivity contribution in [2.75, 3.05) is 39.4 Å². The van der Waals surface area contributed by atoms with Gasteiger partial charge in [-0.2, -0.15) is 0 Å². The summed E-state index contributed by atoms with van der Waals surface area (Å²) in [6.07, 6.45) is 11.8. The summed E-state index contributed by atoms with van der Waals surface area (Å²) in [6, 6.07) is 0.229. The molecular formula is C27H46N2O3. The van der Waals surface area contributed by atoms with Crippen molar-refractivity contribution in [1.82, 2.24) is 9.80 Å². The van der Waals surface area contributed by atoms with Crippen LogP contribution in [0, 0.1) is 34.5 Å². The molecule has 0 aromatic carbocycles. The van der Waals surface area contributed by atoms with Gasteiger partial charge >= 0.3 is 0 Å². The highest BCUT2D eigenvalue weighted by Crippen LogP contribution is 2.67. The molecule has 0 spiro atoms. The molecule has 5 heteroatoms. The topological polar surface area (TPSA) is 56.2 Å². The third-order valence-corrected chi connectivity index (χ3v) is 11.9. The number of fused-ring (bicyclic) bond motifs is 5. The quantitative estimate of drug-likeness (QED) is 0.680. The average molecular weight is 447 g/mol. The van der Waals surface area contributed by atoms with Gasteiger partial charge in [-0.05, 0) is 98.7 Å². The van der Waals surface area contributed by atoms with Gasteiger partial charge in [-0.15, -0.1) is 0 Å². The van der Waals surface area contributed by atoms with Crippen LogP contribution in [-0.4, -0.2) is 77.3 Å². The second-order valence-corrected chi connectivity index (χ2v) is 12.9. The molecule has 2 heterocycles. The Morgan fingerprint density at radius 2 is 1.53 bits per heavy atom. The number of hydrogen-bond acceptors (Lipinski definition) is 5. The maximum absolute atomic E-state index is 12.4. The summed E-state index contributed by atoms with van der Waals surface area (Å²) in [4.78, 5) is 5.06. The van der Waals surface area contributed by atoms with Gasteiger partial charge in [0, 0.05) is 26.2 Å². The molecule has 4 aliphatic carbocycles. The van der Waals surface area contributed by atoms with Crippen molar-refractivity contribution in [3.05, 3.63) is 0 Å². The highest BCUT2D eigenvalue weighted by atomic mass is 16.5. The number of nitrogens with zero attached hydrogens (tertiary/aromatic N) is 2. The number of hydrogen-bond donors (Lipinski definition) is 2. The van der Waals surface area contributed by atoms with E-state index >= 15 is 0 Å². The van der Waals surface area contributed by atoms with Crippen LogP contribution in [0.2, 0.25) is 0 Å². The molecule has 0 aromatic heterocycles. The third-order valence-electron chi connectivity index (χ3n) is 11.9. The second-order valence-electron chi connectivity index (χ2n) is 12.9. The van der Waals surface area contributed by atoms with E-state index in [1.807, 2.05) is 0 Å². The van der Waals surface area contributed by atoms with E-state index in [-0.39, 0.29) is 17.6 Å². The highest BCUT2D eigenvalue weighted by Gasteiger charge is 2.64. The molecule has 0 bridgehead atoms. The van der Waals surface area contributed by atoms with Crippen LogP contribution in [0.25, 0.3) is 0 Å². The van der Waals surface area contributed by atoms with Crippen LogP contribution in [0.3, 0.4) is 0 Å². The van der Waals surface area contributed by atoms with E-state index in [1.54, 1.807) is 0 Å². The Morgan fingerprint density at radius 1 is 0.812 bits per heavy atom. The van der Waals surface area contributed by atoms with Crippen LogP contribution in [0.1, 0.15) is 78.1 Å². The average Bonchev–Trinajstić information content (AvgIpc) is 3.44. The van der Waals surface area contributed by atoms with Crippen LogP contribution >= 0.6 is 0 Å². The Hall–Kier alpha value is -0.200. The smallest absolute Gasteiger partial charge is 0.134 e. The summed E-state index contributed by atoms with van der Waals surface area (Å²) in [5, 5.41) is 23.2. The van der Waals surface area contributed by atoms with Gasteiger partial charge in [0.1, 0.15) is 5.72 Å². The Bertz CT molecular complexity index is 707. The predicted octanol–water partition coefficient (Wildman–Crippen LogP) is 3.49. The number of aliphatic hydroxyl groups is 2.